The first kappa shape index (κ1) is 20.6. The molecule has 2 aromatic carbocycles. The number of esters is 1. The van der Waals surface area contributed by atoms with Gasteiger partial charge < -0.3 is 14.8 Å². The maximum Gasteiger partial charge on any atom is 0.328 e. The fourth-order valence-corrected chi connectivity index (χ4v) is 2.47. The highest BCUT2D eigenvalue weighted by Gasteiger charge is 2.10. The molecule has 9 heteroatoms. The third-order valence-electron chi connectivity index (χ3n) is 3.95. The molecular weight excluding hydrogens is 390 g/mol. The van der Waals surface area contributed by atoms with Crippen LogP contribution < -0.4 is 21.3 Å². The van der Waals surface area contributed by atoms with E-state index in [2.05, 4.69) is 5.32 Å². The number of benzene rings is 2. The second-order valence-electron chi connectivity index (χ2n) is 6.25. The van der Waals surface area contributed by atoms with Crippen LogP contribution in [0.1, 0.15) is 5.56 Å². The van der Waals surface area contributed by atoms with Crippen molar-refractivity contribution in [1.29, 1.82) is 0 Å². The van der Waals surface area contributed by atoms with Crippen molar-refractivity contribution >= 4 is 17.6 Å². The van der Waals surface area contributed by atoms with Gasteiger partial charge in [-0.1, -0.05) is 30.3 Å². The zero-order chi connectivity index (χ0) is 21.3. The molecule has 0 saturated heterocycles. The average Bonchev–Trinajstić information content (AvgIpc) is 2.74. The molecule has 1 amide bonds. The molecule has 154 valence electrons. The highest BCUT2D eigenvalue weighted by Crippen LogP contribution is 2.17. The lowest BCUT2D eigenvalue weighted by molar-refractivity contribution is -0.148. The predicted octanol–water partition coefficient (Wildman–Crippen LogP) is 1.30. The van der Waals surface area contributed by atoms with E-state index < -0.39 is 36.3 Å². The van der Waals surface area contributed by atoms with Gasteiger partial charge in [0.2, 0.25) is 0 Å². The second-order valence-corrected chi connectivity index (χ2v) is 6.25. The van der Waals surface area contributed by atoms with E-state index in [0.717, 1.165) is 16.2 Å². The summed E-state index contributed by atoms with van der Waals surface area (Å²) < 4.78 is 11.5. The van der Waals surface area contributed by atoms with Crippen LogP contribution in [0.2, 0.25) is 0 Å². The summed E-state index contributed by atoms with van der Waals surface area (Å²) in [6.07, 6.45) is 1.17. The number of carbonyl (C=O) groups excluding carboxylic acids is 2. The van der Waals surface area contributed by atoms with Crippen LogP contribution in [0.3, 0.4) is 0 Å². The number of nitrogens with one attached hydrogen (secondary N) is 2. The number of ether oxygens (including phenoxy) is 2. The van der Waals surface area contributed by atoms with Gasteiger partial charge in [-0.15, -0.1) is 0 Å². The van der Waals surface area contributed by atoms with Gasteiger partial charge in [0.15, 0.2) is 6.61 Å². The lowest BCUT2D eigenvalue weighted by atomic mass is 10.2. The van der Waals surface area contributed by atoms with Crippen LogP contribution in [-0.2, 0) is 27.5 Å². The molecule has 0 unspecified atom stereocenters. The zero-order valence-corrected chi connectivity index (χ0v) is 15.9. The number of hydrogen-bond acceptors (Lipinski definition) is 6. The topological polar surface area (TPSA) is 119 Å². The molecule has 2 N–H and O–H groups in total. The highest BCUT2D eigenvalue weighted by atomic mass is 16.5. The average molecular weight is 409 g/mol. The molecular formula is C21H19N3O6. The van der Waals surface area contributed by atoms with Gasteiger partial charge in [-0.25, -0.2) is 4.79 Å². The van der Waals surface area contributed by atoms with Crippen LogP contribution in [0.5, 0.6) is 5.75 Å². The summed E-state index contributed by atoms with van der Waals surface area (Å²) >= 11 is 0. The fourth-order valence-electron chi connectivity index (χ4n) is 2.47. The molecule has 1 aromatic heterocycles. The van der Waals surface area contributed by atoms with Crippen molar-refractivity contribution in [3.05, 3.63) is 93.3 Å². The Morgan fingerprint density at radius 2 is 1.70 bits per heavy atom. The van der Waals surface area contributed by atoms with E-state index in [4.69, 9.17) is 9.47 Å². The van der Waals surface area contributed by atoms with Crippen LogP contribution in [0, 0.1) is 0 Å². The summed E-state index contributed by atoms with van der Waals surface area (Å²) in [5.74, 6) is -0.672. The van der Waals surface area contributed by atoms with E-state index in [-0.39, 0.29) is 0 Å². The molecule has 0 saturated carbocycles. The molecule has 0 bridgehead atoms. The predicted molar refractivity (Wildman–Crippen MR) is 108 cm³/mol. The third-order valence-corrected chi connectivity index (χ3v) is 3.95. The Bertz CT molecular complexity index is 1120. The van der Waals surface area contributed by atoms with Gasteiger partial charge in [0.1, 0.15) is 18.9 Å². The van der Waals surface area contributed by atoms with Gasteiger partial charge in [-0.3, -0.25) is 23.9 Å². The first-order valence-corrected chi connectivity index (χ1v) is 9.01. The van der Waals surface area contributed by atoms with Gasteiger partial charge in [-0.2, -0.15) is 0 Å². The van der Waals surface area contributed by atoms with E-state index in [1.807, 2.05) is 35.3 Å². The number of carbonyl (C=O) groups is 2. The van der Waals surface area contributed by atoms with Gasteiger partial charge in [-0.05, 0) is 29.8 Å². The van der Waals surface area contributed by atoms with Crippen molar-refractivity contribution < 1.29 is 19.1 Å². The molecule has 3 rings (SSSR count). The molecule has 0 atom stereocenters. The zero-order valence-electron chi connectivity index (χ0n) is 15.9. The van der Waals surface area contributed by atoms with E-state index >= 15 is 0 Å². The van der Waals surface area contributed by atoms with Crippen LogP contribution in [-0.4, -0.2) is 28.0 Å². The van der Waals surface area contributed by atoms with Crippen molar-refractivity contribution in [2.75, 3.05) is 11.9 Å². The number of aromatic nitrogens is 2. The normalized spacial score (nSPS) is 10.3. The molecule has 0 aliphatic carbocycles. The van der Waals surface area contributed by atoms with Crippen molar-refractivity contribution in [3.8, 4) is 5.75 Å². The van der Waals surface area contributed by atoms with Crippen molar-refractivity contribution in [1.82, 2.24) is 9.55 Å². The number of hydrogen-bond donors (Lipinski definition) is 2. The Hall–Kier alpha value is -4.14. The maximum absolute atomic E-state index is 11.9. The molecule has 0 aliphatic rings. The molecule has 9 nitrogen and oxygen atoms in total. The Morgan fingerprint density at radius 3 is 2.40 bits per heavy atom. The first-order valence-electron chi connectivity index (χ1n) is 9.01. The molecule has 0 fully saturated rings. The van der Waals surface area contributed by atoms with Crippen molar-refractivity contribution in [2.24, 2.45) is 0 Å². The number of rotatable bonds is 8. The molecule has 0 spiro atoms. The van der Waals surface area contributed by atoms with Crippen molar-refractivity contribution in [3.63, 3.8) is 0 Å². The number of amides is 1. The molecule has 0 aliphatic heterocycles. The van der Waals surface area contributed by atoms with Crippen LogP contribution in [0.4, 0.5) is 5.69 Å². The summed E-state index contributed by atoms with van der Waals surface area (Å²) in [7, 11) is 0. The standard InChI is InChI=1S/C21H19N3O6/c25-18-10-11-24(21(28)23-18)12-20(27)30-14-19(26)22-16-6-8-17(9-7-16)29-13-15-4-2-1-3-5-15/h1-11H,12-14H2,(H,22,26)(H,23,25,28). The fraction of sp³-hybridized carbons (Fsp3) is 0.143. The first-order chi connectivity index (χ1) is 14.5. The Morgan fingerprint density at radius 1 is 0.967 bits per heavy atom. The van der Waals surface area contributed by atoms with E-state index in [0.29, 0.717) is 18.0 Å². The second kappa shape index (κ2) is 9.87. The lowest BCUT2D eigenvalue weighted by Gasteiger charge is -2.09. The van der Waals surface area contributed by atoms with Gasteiger partial charge in [0, 0.05) is 18.0 Å². The van der Waals surface area contributed by atoms with Gasteiger partial charge >= 0.3 is 11.7 Å². The Balaban J connectivity index is 1.43. The summed E-state index contributed by atoms with van der Waals surface area (Å²) in [6, 6.07) is 17.6. The molecule has 3 aromatic rings. The minimum absolute atomic E-state index is 0.420. The largest absolute Gasteiger partial charge is 0.489 e. The van der Waals surface area contributed by atoms with E-state index in [1.54, 1.807) is 24.3 Å². The Labute approximate surface area is 170 Å². The summed E-state index contributed by atoms with van der Waals surface area (Å²) in [5, 5.41) is 2.59. The van der Waals surface area contributed by atoms with Gasteiger partial charge in [0.25, 0.3) is 11.5 Å². The number of aromatic amines is 1. The quantitative estimate of drug-likeness (QED) is 0.541. The minimum atomic E-state index is -0.788. The Kier molecular flexibility index (Phi) is 6.78. The highest BCUT2D eigenvalue weighted by molar-refractivity contribution is 5.92. The monoisotopic (exact) mass is 409 g/mol. The minimum Gasteiger partial charge on any atom is -0.489 e. The lowest BCUT2D eigenvalue weighted by Crippen LogP contribution is -2.32. The maximum atomic E-state index is 11.9. The number of H-pyrrole nitrogens is 1. The third kappa shape index (κ3) is 6.20. The SMILES string of the molecule is O=C(COC(=O)Cn1ccc(=O)[nH]c1=O)Nc1ccc(OCc2ccccc2)cc1. The number of anilines is 1. The summed E-state index contributed by atoms with van der Waals surface area (Å²) in [5.41, 5.74) is 0.250. The molecule has 30 heavy (non-hydrogen) atoms. The van der Waals surface area contributed by atoms with Gasteiger partial charge in [0.05, 0.1) is 0 Å². The van der Waals surface area contributed by atoms with Crippen LogP contribution in [0.15, 0.2) is 76.4 Å². The smallest absolute Gasteiger partial charge is 0.328 e. The molecule has 0 radical (unpaired) electrons. The number of nitrogens with zero attached hydrogens (tertiary/aromatic N) is 1. The summed E-state index contributed by atoms with van der Waals surface area (Å²) in [6.45, 7) is -0.500. The van der Waals surface area contributed by atoms with Crippen LogP contribution >= 0.6 is 0 Å². The van der Waals surface area contributed by atoms with E-state index in [1.165, 1.54) is 6.20 Å². The van der Waals surface area contributed by atoms with E-state index in [9.17, 15) is 19.2 Å². The summed E-state index contributed by atoms with van der Waals surface area (Å²) in [4.78, 5) is 48.2. The van der Waals surface area contributed by atoms with Crippen molar-refractivity contribution in [2.45, 2.75) is 13.2 Å². The van der Waals surface area contributed by atoms with Crippen LogP contribution in [0.25, 0.3) is 0 Å². The molecule has 1 heterocycles.